The Balaban J connectivity index is 1.14. The molecule has 142 valence electrons. The first-order valence-corrected chi connectivity index (χ1v) is 10.9. The van der Waals surface area contributed by atoms with E-state index in [-0.39, 0.29) is 6.03 Å². The number of urea groups is 1. The van der Waals surface area contributed by atoms with Crippen molar-refractivity contribution < 1.29 is 4.79 Å². The number of hydrogen-bond donors (Lipinski definition) is 2. The number of amides is 2. The average Bonchev–Trinajstić information content (AvgIpc) is 2.62. The van der Waals surface area contributed by atoms with E-state index in [0.717, 1.165) is 49.2 Å². The minimum atomic E-state index is 0.0813. The standard InChI is InChI=1S/C21H37N3O/c1-24(19-6-3-2-4-7-19)9-5-8-22-21(25)23-20-17-11-15-10-16(13-17)14-18(20)12-15/h15-20H,2-14H2,1H3,(H2,22,23,25). The zero-order valence-corrected chi connectivity index (χ0v) is 16.0. The van der Waals surface area contributed by atoms with Crippen molar-refractivity contribution in [2.45, 2.75) is 82.7 Å². The second-order valence-corrected chi connectivity index (χ2v) is 9.48. The topological polar surface area (TPSA) is 44.4 Å². The highest BCUT2D eigenvalue weighted by Gasteiger charge is 2.48. The summed E-state index contributed by atoms with van der Waals surface area (Å²) in [6, 6.07) is 1.31. The molecule has 5 fully saturated rings. The summed E-state index contributed by atoms with van der Waals surface area (Å²) in [5, 5.41) is 6.47. The smallest absolute Gasteiger partial charge is 0.315 e. The number of nitrogens with zero attached hydrogens (tertiary/aromatic N) is 1. The van der Waals surface area contributed by atoms with Crippen molar-refractivity contribution in [2.75, 3.05) is 20.1 Å². The Labute approximate surface area is 153 Å². The molecule has 0 unspecified atom stereocenters. The highest BCUT2D eigenvalue weighted by molar-refractivity contribution is 5.74. The van der Waals surface area contributed by atoms with Gasteiger partial charge in [0.1, 0.15) is 0 Å². The highest BCUT2D eigenvalue weighted by atomic mass is 16.2. The van der Waals surface area contributed by atoms with Gasteiger partial charge in [-0.05, 0) is 88.6 Å². The molecule has 5 rings (SSSR count). The van der Waals surface area contributed by atoms with Crippen molar-refractivity contribution in [2.24, 2.45) is 23.7 Å². The maximum Gasteiger partial charge on any atom is 0.315 e. The van der Waals surface area contributed by atoms with Gasteiger partial charge >= 0.3 is 6.03 Å². The molecular formula is C21H37N3O. The van der Waals surface area contributed by atoms with Gasteiger partial charge in [0.05, 0.1) is 0 Å². The summed E-state index contributed by atoms with van der Waals surface area (Å²) in [5.41, 5.74) is 0. The molecule has 5 aliphatic rings. The van der Waals surface area contributed by atoms with Crippen LogP contribution in [0.4, 0.5) is 4.79 Å². The van der Waals surface area contributed by atoms with E-state index < -0.39 is 0 Å². The summed E-state index contributed by atoms with van der Waals surface area (Å²) in [6.07, 6.45) is 14.9. The van der Waals surface area contributed by atoms with Crippen molar-refractivity contribution in [3.63, 3.8) is 0 Å². The Morgan fingerprint density at radius 1 is 0.960 bits per heavy atom. The summed E-state index contributed by atoms with van der Waals surface area (Å²) < 4.78 is 0. The van der Waals surface area contributed by atoms with Crippen LogP contribution in [-0.4, -0.2) is 43.2 Å². The Bertz CT molecular complexity index is 432. The number of carbonyl (C=O) groups is 1. The van der Waals surface area contributed by atoms with Gasteiger partial charge in [-0.1, -0.05) is 19.3 Å². The maximum atomic E-state index is 12.3. The largest absolute Gasteiger partial charge is 0.338 e. The molecule has 4 heteroatoms. The first-order valence-electron chi connectivity index (χ1n) is 10.9. The molecule has 0 radical (unpaired) electrons. The normalized spacial score (nSPS) is 37.4. The molecule has 25 heavy (non-hydrogen) atoms. The third-order valence-corrected chi connectivity index (χ3v) is 7.70. The minimum absolute atomic E-state index is 0.0813. The van der Waals surface area contributed by atoms with E-state index in [1.807, 2.05) is 0 Å². The lowest BCUT2D eigenvalue weighted by Crippen LogP contribution is -2.57. The summed E-state index contributed by atoms with van der Waals surface area (Å²) in [6.45, 7) is 1.90. The number of nitrogens with one attached hydrogen (secondary N) is 2. The van der Waals surface area contributed by atoms with Crippen molar-refractivity contribution in [1.82, 2.24) is 15.5 Å². The third kappa shape index (κ3) is 4.15. The zero-order valence-electron chi connectivity index (χ0n) is 16.0. The molecular weight excluding hydrogens is 310 g/mol. The van der Waals surface area contributed by atoms with E-state index in [9.17, 15) is 4.79 Å². The van der Waals surface area contributed by atoms with E-state index in [4.69, 9.17) is 0 Å². The lowest BCUT2D eigenvalue weighted by atomic mass is 9.54. The van der Waals surface area contributed by atoms with Gasteiger partial charge in [-0.2, -0.15) is 0 Å². The first kappa shape index (κ1) is 17.6. The predicted octanol–water partition coefficient (Wildman–Crippen LogP) is 3.76. The molecule has 4 bridgehead atoms. The molecule has 0 atom stereocenters. The maximum absolute atomic E-state index is 12.3. The van der Waals surface area contributed by atoms with E-state index in [2.05, 4.69) is 22.6 Å². The lowest BCUT2D eigenvalue weighted by molar-refractivity contribution is -0.00941. The van der Waals surface area contributed by atoms with E-state index in [0.29, 0.717) is 6.04 Å². The van der Waals surface area contributed by atoms with Crippen LogP contribution in [0.25, 0.3) is 0 Å². The second kappa shape index (κ2) is 7.85. The summed E-state index contributed by atoms with van der Waals surface area (Å²) in [5.74, 6) is 3.47. The van der Waals surface area contributed by atoms with Crippen molar-refractivity contribution in [3.05, 3.63) is 0 Å². The molecule has 0 heterocycles. The highest BCUT2D eigenvalue weighted by Crippen LogP contribution is 2.53. The Hall–Kier alpha value is -0.770. The molecule has 5 saturated carbocycles. The first-order chi connectivity index (χ1) is 12.2. The molecule has 0 saturated heterocycles. The molecule has 4 nitrogen and oxygen atoms in total. The second-order valence-electron chi connectivity index (χ2n) is 9.48. The Morgan fingerprint density at radius 2 is 1.60 bits per heavy atom. The van der Waals surface area contributed by atoms with Crippen LogP contribution >= 0.6 is 0 Å². The molecule has 0 spiro atoms. The van der Waals surface area contributed by atoms with Crippen LogP contribution in [0, 0.1) is 23.7 Å². The fourth-order valence-corrected chi connectivity index (χ4v) is 6.60. The average molecular weight is 348 g/mol. The minimum Gasteiger partial charge on any atom is -0.338 e. The van der Waals surface area contributed by atoms with E-state index in [1.54, 1.807) is 0 Å². The van der Waals surface area contributed by atoms with Crippen molar-refractivity contribution in [1.29, 1.82) is 0 Å². The van der Waals surface area contributed by atoms with Crippen LogP contribution in [0.5, 0.6) is 0 Å². The van der Waals surface area contributed by atoms with Gasteiger partial charge in [0.25, 0.3) is 0 Å². The van der Waals surface area contributed by atoms with Crippen LogP contribution in [0.3, 0.4) is 0 Å². The van der Waals surface area contributed by atoms with Crippen LogP contribution in [0.15, 0.2) is 0 Å². The van der Waals surface area contributed by atoms with Gasteiger partial charge in [0.15, 0.2) is 0 Å². The Morgan fingerprint density at radius 3 is 2.24 bits per heavy atom. The number of carbonyl (C=O) groups excluding carboxylic acids is 1. The van der Waals surface area contributed by atoms with Gasteiger partial charge in [-0.3, -0.25) is 0 Å². The van der Waals surface area contributed by atoms with Crippen LogP contribution in [-0.2, 0) is 0 Å². The third-order valence-electron chi connectivity index (χ3n) is 7.70. The molecule has 0 aliphatic heterocycles. The molecule has 2 N–H and O–H groups in total. The van der Waals surface area contributed by atoms with Crippen LogP contribution in [0.1, 0.15) is 70.6 Å². The number of hydrogen-bond acceptors (Lipinski definition) is 2. The Kier molecular flexibility index (Phi) is 5.54. The summed E-state index contributed by atoms with van der Waals surface area (Å²) in [4.78, 5) is 14.9. The molecule has 2 amide bonds. The van der Waals surface area contributed by atoms with E-state index in [1.165, 1.54) is 64.2 Å². The predicted molar refractivity (Wildman–Crippen MR) is 101 cm³/mol. The van der Waals surface area contributed by atoms with Gasteiger partial charge in [-0.25, -0.2) is 4.79 Å². The molecule has 0 aromatic rings. The fraction of sp³-hybridized carbons (Fsp3) is 0.952. The monoisotopic (exact) mass is 347 g/mol. The van der Waals surface area contributed by atoms with Gasteiger partial charge in [0.2, 0.25) is 0 Å². The van der Waals surface area contributed by atoms with E-state index >= 15 is 0 Å². The molecule has 0 aromatic heterocycles. The van der Waals surface area contributed by atoms with Gasteiger partial charge in [0, 0.05) is 18.6 Å². The summed E-state index contributed by atoms with van der Waals surface area (Å²) in [7, 11) is 2.25. The summed E-state index contributed by atoms with van der Waals surface area (Å²) >= 11 is 0. The fourth-order valence-electron chi connectivity index (χ4n) is 6.60. The van der Waals surface area contributed by atoms with Crippen molar-refractivity contribution >= 4 is 6.03 Å². The quantitative estimate of drug-likeness (QED) is 0.719. The molecule has 5 aliphatic carbocycles. The van der Waals surface area contributed by atoms with Crippen LogP contribution < -0.4 is 10.6 Å². The van der Waals surface area contributed by atoms with Crippen molar-refractivity contribution in [3.8, 4) is 0 Å². The number of rotatable bonds is 6. The van der Waals surface area contributed by atoms with Crippen LogP contribution in [0.2, 0.25) is 0 Å². The molecule has 0 aromatic carbocycles. The zero-order chi connectivity index (χ0) is 17.2. The van der Waals surface area contributed by atoms with Gasteiger partial charge < -0.3 is 15.5 Å². The van der Waals surface area contributed by atoms with Gasteiger partial charge in [-0.15, -0.1) is 0 Å². The lowest BCUT2D eigenvalue weighted by Gasteiger charge is -2.54. The SMILES string of the molecule is CN(CCCNC(=O)NC1C2CC3CC(C2)CC1C3)C1CCCCC1.